The molecule has 0 radical (unpaired) electrons. The first-order valence-electron chi connectivity index (χ1n) is 10.3. The molecule has 2 N–H and O–H groups in total. The number of hydrogen-bond acceptors (Lipinski definition) is 3. The largest absolute Gasteiger partial charge is 0.342 e. The zero-order valence-electron chi connectivity index (χ0n) is 17.3. The average Bonchev–Trinajstić information content (AvgIpc) is 3.47. The Bertz CT molecular complexity index is 1380. The first kappa shape index (κ1) is 19.5. The molecule has 0 saturated carbocycles. The second kappa shape index (κ2) is 8.73. The predicted octanol–water partition coefficient (Wildman–Crippen LogP) is 4.84. The highest BCUT2D eigenvalue weighted by Crippen LogP contribution is 2.21. The van der Waals surface area contributed by atoms with E-state index in [0.29, 0.717) is 11.4 Å². The first-order chi connectivity index (χ1) is 15.8. The van der Waals surface area contributed by atoms with Crippen molar-refractivity contribution in [2.75, 3.05) is 0 Å². The summed E-state index contributed by atoms with van der Waals surface area (Å²) in [4.78, 5) is 12.5. The summed E-state index contributed by atoms with van der Waals surface area (Å²) in [5.74, 6) is -0.344. The summed E-state index contributed by atoms with van der Waals surface area (Å²) in [6, 6.07) is 29.9. The van der Waals surface area contributed by atoms with Crippen molar-refractivity contribution in [1.29, 1.82) is 0 Å². The molecule has 2 aromatic heterocycles. The first-order valence-corrected chi connectivity index (χ1v) is 10.3. The minimum atomic E-state index is -0.344. The second-order valence-corrected chi connectivity index (χ2v) is 7.45. The number of benzene rings is 3. The van der Waals surface area contributed by atoms with Crippen LogP contribution in [0.15, 0.2) is 102 Å². The van der Waals surface area contributed by atoms with E-state index in [1.807, 2.05) is 60.7 Å². The lowest BCUT2D eigenvalue weighted by Crippen LogP contribution is -2.17. The van der Waals surface area contributed by atoms with Gasteiger partial charge in [0.15, 0.2) is 0 Å². The molecule has 32 heavy (non-hydrogen) atoms. The van der Waals surface area contributed by atoms with E-state index in [1.54, 1.807) is 12.3 Å². The number of carbonyl (C=O) groups excluding carboxylic acids is 1. The zero-order chi connectivity index (χ0) is 21.8. The van der Waals surface area contributed by atoms with E-state index in [-0.39, 0.29) is 5.91 Å². The normalized spacial score (nSPS) is 11.2. The van der Waals surface area contributed by atoms with Crippen LogP contribution < -0.4 is 5.43 Å². The van der Waals surface area contributed by atoms with Crippen molar-refractivity contribution in [3.05, 3.63) is 114 Å². The van der Waals surface area contributed by atoms with E-state index in [9.17, 15) is 4.79 Å². The van der Waals surface area contributed by atoms with Gasteiger partial charge in [0.25, 0.3) is 5.91 Å². The number of aromatic nitrogens is 3. The summed E-state index contributed by atoms with van der Waals surface area (Å²) >= 11 is 0. The lowest BCUT2D eigenvalue weighted by atomic mass is 10.1. The zero-order valence-corrected chi connectivity index (χ0v) is 17.3. The van der Waals surface area contributed by atoms with Gasteiger partial charge in [0.2, 0.25) is 0 Å². The molecule has 6 heteroatoms. The summed E-state index contributed by atoms with van der Waals surface area (Å²) in [7, 11) is 0. The number of nitrogens with zero attached hydrogens (tertiary/aromatic N) is 3. The molecular formula is C26H21N5O. The molecule has 0 spiro atoms. The Kier molecular flexibility index (Phi) is 5.32. The van der Waals surface area contributed by atoms with Crippen LogP contribution >= 0.6 is 0 Å². The Labute approximate surface area is 185 Å². The Morgan fingerprint density at radius 1 is 0.969 bits per heavy atom. The fourth-order valence-corrected chi connectivity index (χ4v) is 3.70. The van der Waals surface area contributed by atoms with Crippen molar-refractivity contribution in [3.8, 4) is 11.3 Å². The molecule has 156 valence electrons. The van der Waals surface area contributed by atoms with Gasteiger partial charge in [0.1, 0.15) is 5.69 Å². The average molecular weight is 419 g/mol. The van der Waals surface area contributed by atoms with Crippen molar-refractivity contribution in [1.82, 2.24) is 20.2 Å². The van der Waals surface area contributed by atoms with Gasteiger partial charge in [-0.2, -0.15) is 10.2 Å². The standard InChI is InChI=1S/C26H21N5O/c32-26(24-15-23(28-29-24)20-11-5-2-6-12-20)30-27-16-21-18-31(17-19-9-3-1-4-10-19)25-14-8-7-13-22(21)25/h1-16,18H,17H2,(H,28,29)(H,30,32)/b27-16+. The second-order valence-electron chi connectivity index (χ2n) is 7.45. The quantitative estimate of drug-likeness (QED) is 0.305. The van der Waals surface area contributed by atoms with Crippen LogP contribution in [0.1, 0.15) is 21.6 Å². The van der Waals surface area contributed by atoms with Gasteiger partial charge in [-0.05, 0) is 17.7 Å². The maximum atomic E-state index is 12.5. The summed E-state index contributed by atoms with van der Waals surface area (Å²) in [5.41, 5.74) is 7.87. The number of amides is 1. The van der Waals surface area contributed by atoms with Crippen molar-refractivity contribution in [2.24, 2.45) is 5.10 Å². The van der Waals surface area contributed by atoms with Crippen molar-refractivity contribution < 1.29 is 4.79 Å². The van der Waals surface area contributed by atoms with E-state index in [1.165, 1.54) is 5.56 Å². The van der Waals surface area contributed by atoms with Gasteiger partial charge in [0, 0.05) is 34.8 Å². The van der Waals surface area contributed by atoms with Crippen LogP contribution in [0.3, 0.4) is 0 Å². The van der Waals surface area contributed by atoms with Crippen LogP contribution in [0.2, 0.25) is 0 Å². The smallest absolute Gasteiger partial charge is 0.289 e. The number of hydrazone groups is 1. The monoisotopic (exact) mass is 419 g/mol. The molecule has 5 rings (SSSR count). The van der Waals surface area contributed by atoms with Crippen LogP contribution in [-0.4, -0.2) is 26.9 Å². The number of nitrogens with one attached hydrogen (secondary N) is 2. The Balaban J connectivity index is 1.33. The van der Waals surface area contributed by atoms with Crippen LogP contribution in [0, 0.1) is 0 Å². The lowest BCUT2D eigenvalue weighted by Gasteiger charge is -2.05. The molecule has 0 saturated heterocycles. The lowest BCUT2D eigenvalue weighted by molar-refractivity contribution is 0.0950. The minimum absolute atomic E-state index is 0.344. The molecule has 0 aliphatic carbocycles. The number of aromatic amines is 1. The molecule has 0 atom stereocenters. The third kappa shape index (κ3) is 4.06. The third-order valence-corrected chi connectivity index (χ3v) is 5.28. The Morgan fingerprint density at radius 3 is 2.50 bits per heavy atom. The van der Waals surface area contributed by atoms with E-state index in [0.717, 1.165) is 28.6 Å². The number of para-hydroxylation sites is 1. The van der Waals surface area contributed by atoms with Crippen molar-refractivity contribution in [2.45, 2.75) is 6.54 Å². The maximum Gasteiger partial charge on any atom is 0.289 e. The number of H-pyrrole nitrogens is 1. The third-order valence-electron chi connectivity index (χ3n) is 5.28. The Morgan fingerprint density at radius 2 is 1.69 bits per heavy atom. The van der Waals surface area contributed by atoms with Gasteiger partial charge < -0.3 is 4.57 Å². The maximum absolute atomic E-state index is 12.5. The fourth-order valence-electron chi connectivity index (χ4n) is 3.70. The number of rotatable bonds is 6. The number of hydrogen-bond donors (Lipinski definition) is 2. The van der Waals surface area contributed by atoms with Gasteiger partial charge in [-0.1, -0.05) is 78.9 Å². The predicted molar refractivity (Wildman–Crippen MR) is 127 cm³/mol. The number of fused-ring (bicyclic) bond motifs is 1. The van der Waals surface area contributed by atoms with E-state index in [2.05, 4.69) is 55.8 Å². The highest BCUT2D eigenvalue weighted by atomic mass is 16.2. The Hall–Kier alpha value is -4.45. The molecule has 5 aromatic rings. The molecule has 1 amide bonds. The van der Waals surface area contributed by atoms with Crippen molar-refractivity contribution >= 4 is 23.0 Å². The molecule has 6 nitrogen and oxygen atoms in total. The van der Waals surface area contributed by atoms with Crippen LogP contribution in [0.4, 0.5) is 0 Å². The van der Waals surface area contributed by atoms with Crippen LogP contribution in [0.25, 0.3) is 22.2 Å². The summed E-state index contributed by atoms with van der Waals surface area (Å²) in [6.07, 6.45) is 3.73. The van der Waals surface area contributed by atoms with Gasteiger partial charge in [0.05, 0.1) is 11.9 Å². The molecule has 2 heterocycles. The molecule has 0 aliphatic rings. The summed E-state index contributed by atoms with van der Waals surface area (Å²) in [6.45, 7) is 0.762. The molecule has 0 aliphatic heterocycles. The summed E-state index contributed by atoms with van der Waals surface area (Å²) < 4.78 is 2.19. The number of carbonyl (C=O) groups is 1. The molecule has 3 aromatic carbocycles. The highest BCUT2D eigenvalue weighted by Gasteiger charge is 2.11. The fraction of sp³-hybridized carbons (Fsp3) is 0.0385. The van der Waals surface area contributed by atoms with Crippen molar-refractivity contribution in [3.63, 3.8) is 0 Å². The summed E-state index contributed by atoms with van der Waals surface area (Å²) in [5, 5.41) is 12.3. The SMILES string of the molecule is O=C(N/N=C/c1cn(Cc2ccccc2)c2ccccc12)c1cc(-c2ccccc2)n[nH]1. The van der Waals surface area contributed by atoms with Gasteiger partial charge in [-0.3, -0.25) is 9.89 Å². The topological polar surface area (TPSA) is 75.1 Å². The van der Waals surface area contributed by atoms with Crippen LogP contribution in [-0.2, 0) is 6.54 Å². The molecule has 0 bridgehead atoms. The molecule has 0 unspecified atom stereocenters. The van der Waals surface area contributed by atoms with E-state index in [4.69, 9.17) is 0 Å². The van der Waals surface area contributed by atoms with Gasteiger partial charge in [-0.25, -0.2) is 5.43 Å². The van der Waals surface area contributed by atoms with E-state index < -0.39 is 0 Å². The van der Waals surface area contributed by atoms with Gasteiger partial charge >= 0.3 is 0 Å². The van der Waals surface area contributed by atoms with E-state index >= 15 is 0 Å². The molecular weight excluding hydrogens is 398 g/mol. The van der Waals surface area contributed by atoms with Crippen LogP contribution in [0.5, 0.6) is 0 Å². The highest BCUT2D eigenvalue weighted by molar-refractivity contribution is 6.00. The van der Waals surface area contributed by atoms with Gasteiger partial charge in [-0.15, -0.1) is 0 Å². The molecule has 0 fully saturated rings. The minimum Gasteiger partial charge on any atom is -0.342 e.